The summed E-state index contributed by atoms with van der Waals surface area (Å²) in [5.41, 5.74) is 7.80. The Morgan fingerprint density at radius 2 is 1.69 bits per heavy atom. The van der Waals surface area contributed by atoms with Crippen LogP contribution in [0.3, 0.4) is 0 Å². The number of nitrogens with one attached hydrogen (secondary N) is 3. The van der Waals surface area contributed by atoms with Gasteiger partial charge in [0.05, 0.1) is 0 Å². The van der Waals surface area contributed by atoms with Crippen LogP contribution in [0.5, 0.6) is 0 Å². The van der Waals surface area contributed by atoms with Crippen molar-refractivity contribution < 1.29 is 19.1 Å². The highest BCUT2D eigenvalue weighted by Gasteiger charge is 2.28. The lowest BCUT2D eigenvalue weighted by atomic mass is 10.0. The van der Waals surface area contributed by atoms with Crippen molar-refractivity contribution in [1.29, 1.82) is 0 Å². The fourth-order valence-electron chi connectivity index (χ4n) is 3.52. The van der Waals surface area contributed by atoms with E-state index in [0.29, 0.717) is 11.5 Å². The maximum atomic E-state index is 13.2. The van der Waals surface area contributed by atoms with Gasteiger partial charge < -0.3 is 26.1 Å². The first kappa shape index (κ1) is 26.2. The maximum absolute atomic E-state index is 13.2. The normalized spacial score (nSPS) is 13.1. The van der Waals surface area contributed by atoms with E-state index in [0.717, 1.165) is 22.0 Å². The lowest BCUT2D eigenvalue weighted by molar-refractivity contribution is -0.128. The Balaban J connectivity index is 1.70. The summed E-state index contributed by atoms with van der Waals surface area (Å²) in [5, 5.41) is 6.32. The van der Waals surface area contributed by atoms with Crippen LogP contribution in [0.2, 0.25) is 0 Å². The van der Waals surface area contributed by atoms with E-state index in [4.69, 9.17) is 10.5 Å². The number of H-pyrrole nitrogens is 1. The van der Waals surface area contributed by atoms with E-state index in [2.05, 4.69) is 15.6 Å². The predicted molar refractivity (Wildman–Crippen MR) is 139 cm³/mol. The highest BCUT2D eigenvalue weighted by atomic mass is 32.2. The summed E-state index contributed by atoms with van der Waals surface area (Å²) in [6.07, 6.45) is 1.32. The molecule has 186 valence electrons. The van der Waals surface area contributed by atoms with Gasteiger partial charge in [-0.05, 0) is 38.0 Å². The maximum Gasteiger partial charge on any atom is 0.408 e. The Labute approximate surface area is 209 Å². The van der Waals surface area contributed by atoms with Gasteiger partial charge in [0.25, 0.3) is 0 Å². The molecular formula is C26H32N4O4S. The summed E-state index contributed by atoms with van der Waals surface area (Å²) in [5.74, 6) is -0.204. The first-order valence-electron chi connectivity index (χ1n) is 11.4. The number of fused-ring (bicyclic) bond motifs is 1. The van der Waals surface area contributed by atoms with Gasteiger partial charge >= 0.3 is 6.09 Å². The molecule has 0 aliphatic heterocycles. The monoisotopic (exact) mass is 496 g/mol. The molecule has 1 aromatic heterocycles. The summed E-state index contributed by atoms with van der Waals surface area (Å²) >= 11 is 1.49. The van der Waals surface area contributed by atoms with Crippen LogP contribution in [0.4, 0.5) is 4.79 Å². The summed E-state index contributed by atoms with van der Waals surface area (Å²) in [4.78, 5) is 41.0. The van der Waals surface area contributed by atoms with E-state index in [1.807, 2.05) is 54.6 Å². The van der Waals surface area contributed by atoms with Crippen LogP contribution in [0.1, 0.15) is 31.9 Å². The highest BCUT2D eigenvalue weighted by molar-refractivity contribution is 7.98. The number of rotatable bonds is 10. The number of carbonyl (C=O) groups excluding carboxylic acids is 3. The van der Waals surface area contributed by atoms with Gasteiger partial charge in [0, 0.05) is 35.0 Å². The standard InChI is InChI=1S/C26H32N4O4S/c1-26(2,3)34-25(33)30-22(16-35-15-17-9-5-4-6-10-17)24(32)29-21(23(27)31)13-18-14-28-20-12-8-7-11-19(18)20/h4-12,14,21-22,28H,13,15-16H2,1-3H3,(H2,27,31)(H,29,32)(H,30,33)/t21-,22-/m0/s1. The van der Waals surface area contributed by atoms with E-state index in [1.165, 1.54) is 11.8 Å². The quantitative estimate of drug-likeness (QED) is 0.342. The molecule has 0 saturated heterocycles. The van der Waals surface area contributed by atoms with E-state index < -0.39 is 35.6 Å². The average Bonchev–Trinajstić information content (AvgIpc) is 3.20. The summed E-state index contributed by atoms with van der Waals surface area (Å²) in [6.45, 7) is 5.24. The molecule has 0 saturated carbocycles. The van der Waals surface area contributed by atoms with Crippen LogP contribution in [0.15, 0.2) is 60.8 Å². The number of para-hydroxylation sites is 1. The number of ether oxygens (including phenoxy) is 1. The van der Waals surface area contributed by atoms with Crippen molar-refractivity contribution >= 4 is 40.6 Å². The number of nitrogens with two attached hydrogens (primary N) is 1. The first-order chi connectivity index (χ1) is 16.6. The van der Waals surface area contributed by atoms with Crippen LogP contribution in [-0.2, 0) is 26.5 Å². The van der Waals surface area contributed by atoms with E-state index in [9.17, 15) is 14.4 Å². The van der Waals surface area contributed by atoms with Crippen LogP contribution in [0.25, 0.3) is 10.9 Å². The number of benzene rings is 2. The molecule has 2 aromatic carbocycles. The largest absolute Gasteiger partial charge is 0.444 e. The van der Waals surface area contributed by atoms with E-state index >= 15 is 0 Å². The van der Waals surface area contributed by atoms with Crippen molar-refractivity contribution in [3.05, 3.63) is 71.9 Å². The number of carbonyl (C=O) groups is 3. The number of aromatic nitrogens is 1. The third-order valence-electron chi connectivity index (χ3n) is 5.16. The van der Waals surface area contributed by atoms with Gasteiger partial charge in [0.2, 0.25) is 11.8 Å². The predicted octanol–water partition coefficient (Wildman–Crippen LogP) is 3.51. The van der Waals surface area contributed by atoms with Crippen LogP contribution >= 0.6 is 11.8 Å². The van der Waals surface area contributed by atoms with Crippen molar-refractivity contribution in [3.63, 3.8) is 0 Å². The lowest BCUT2D eigenvalue weighted by Gasteiger charge is -2.24. The second kappa shape index (κ2) is 11.8. The SMILES string of the molecule is CC(C)(C)OC(=O)N[C@@H](CSCc1ccccc1)C(=O)N[C@@H](Cc1c[nH]c2ccccc12)C(N)=O. The zero-order valence-corrected chi connectivity index (χ0v) is 21.0. The molecule has 0 radical (unpaired) electrons. The van der Waals surface area contributed by atoms with Gasteiger partial charge in [0.1, 0.15) is 17.7 Å². The number of hydrogen-bond donors (Lipinski definition) is 4. The minimum atomic E-state index is -0.941. The summed E-state index contributed by atoms with van der Waals surface area (Å²) in [7, 11) is 0. The van der Waals surface area contributed by atoms with Gasteiger partial charge in [-0.1, -0.05) is 48.5 Å². The Morgan fingerprint density at radius 1 is 1.00 bits per heavy atom. The molecular weight excluding hydrogens is 464 g/mol. The van der Waals surface area contributed by atoms with Crippen LogP contribution in [0, 0.1) is 0 Å². The van der Waals surface area contributed by atoms with Crippen molar-refractivity contribution in [1.82, 2.24) is 15.6 Å². The van der Waals surface area contributed by atoms with Crippen LogP contribution in [-0.4, -0.2) is 46.3 Å². The molecule has 35 heavy (non-hydrogen) atoms. The smallest absolute Gasteiger partial charge is 0.408 e. The molecule has 0 fully saturated rings. The molecule has 5 N–H and O–H groups in total. The summed E-state index contributed by atoms with van der Waals surface area (Å²) < 4.78 is 5.33. The Bertz CT molecular complexity index is 1160. The van der Waals surface area contributed by atoms with Crippen molar-refractivity contribution in [2.75, 3.05) is 5.75 Å². The molecule has 3 rings (SSSR count). The molecule has 2 atom stereocenters. The Hall–Kier alpha value is -3.46. The molecule has 0 aliphatic rings. The van der Waals surface area contributed by atoms with E-state index in [1.54, 1.807) is 27.0 Å². The molecule has 0 unspecified atom stereocenters. The molecule has 9 heteroatoms. The average molecular weight is 497 g/mol. The fraction of sp³-hybridized carbons (Fsp3) is 0.346. The molecule has 3 amide bonds. The number of aromatic amines is 1. The topological polar surface area (TPSA) is 126 Å². The second-order valence-electron chi connectivity index (χ2n) is 9.23. The van der Waals surface area contributed by atoms with Crippen LogP contribution < -0.4 is 16.4 Å². The summed E-state index contributed by atoms with van der Waals surface area (Å²) in [6, 6.07) is 15.6. The molecule has 0 aliphatic carbocycles. The Kier molecular flexibility index (Phi) is 8.81. The molecule has 0 spiro atoms. The fourth-order valence-corrected chi connectivity index (χ4v) is 4.53. The molecule has 8 nitrogen and oxygen atoms in total. The minimum absolute atomic E-state index is 0.224. The van der Waals surface area contributed by atoms with E-state index in [-0.39, 0.29) is 6.42 Å². The number of alkyl carbamates (subject to hydrolysis) is 1. The van der Waals surface area contributed by atoms with Gasteiger partial charge in [-0.25, -0.2) is 4.79 Å². The third-order valence-corrected chi connectivity index (χ3v) is 6.27. The zero-order chi connectivity index (χ0) is 25.4. The van der Waals surface area contributed by atoms with Gasteiger partial charge in [-0.15, -0.1) is 0 Å². The number of amides is 3. The van der Waals surface area contributed by atoms with Gasteiger partial charge in [-0.2, -0.15) is 11.8 Å². The number of thioether (sulfide) groups is 1. The molecule has 0 bridgehead atoms. The number of hydrogen-bond acceptors (Lipinski definition) is 5. The van der Waals surface area contributed by atoms with Gasteiger partial charge in [0.15, 0.2) is 0 Å². The lowest BCUT2D eigenvalue weighted by Crippen LogP contribution is -2.55. The minimum Gasteiger partial charge on any atom is -0.444 e. The highest BCUT2D eigenvalue weighted by Crippen LogP contribution is 2.19. The number of primary amides is 1. The molecule has 3 aromatic rings. The Morgan fingerprint density at radius 3 is 2.37 bits per heavy atom. The van der Waals surface area contributed by atoms with Crippen molar-refractivity contribution in [2.45, 2.75) is 50.6 Å². The second-order valence-corrected chi connectivity index (χ2v) is 10.3. The third kappa shape index (κ3) is 8.06. The molecule has 1 heterocycles. The van der Waals surface area contributed by atoms with Crippen molar-refractivity contribution in [3.8, 4) is 0 Å². The zero-order valence-electron chi connectivity index (χ0n) is 20.2. The van der Waals surface area contributed by atoms with Crippen molar-refractivity contribution in [2.24, 2.45) is 5.73 Å². The first-order valence-corrected chi connectivity index (χ1v) is 12.5. The van der Waals surface area contributed by atoms with Gasteiger partial charge in [-0.3, -0.25) is 9.59 Å².